The van der Waals surface area contributed by atoms with Crippen LogP contribution in [0, 0.1) is 0 Å². The Morgan fingerprint density at radius 1 is 0.952 bits per heavy atom. The third-order valence-corrected chi connectivity index (χ3v) is 9.71. The van der Waals surface area contributed by atoms with Gasteiger partial charge < -0.3 is 4.90 Å². The number of carbonyl (C=O) groups is 1. The largest absolute Gasteiger partial charge is 0.336 e. The number of aromatic nitrogens is 1. The van der Waals surface area contributed by atoms with Crippen LogP contribution in [0.5, 0.6) is 0 Å². The second-order valence-electron chi connectivity index (χ2n) is 11.2. The smallest absolute Gasteiger partial charge is 0.264 e. The monoisotopic (exact) mass is 587 g/mol. The number of nitrogens with one attached hydrogen (secondary N) is 1. The second-order valence-corrected chi connectivity index (χ2v) is 12.9. The first-order chi connectivity index (χ1) is 20.4. The molecule has 2 aromatic carbocycles. The van der Waals surface area contributed by atoms with Gasteiger partial charge in [-0.3, -0.25) is 24.4 Å². The third kappa shape index (κ3) is 7.44. The molecule has 5 rings (SSSR count). The molecule has 1 N–H and O–H groups in total. The van der Waals surface area contributed by atoms with Crippen molar-refractivity contribution in [3.63, 3.8) is 0 Å². The van der Waals surface area contributed by atoms with Gasteiger partial charge in [-0.05, 0) is 73.2 Å². The summed E-state index contributed by atoms with van der Waals surface area (Å²) in [4.78, 5) is 26.3. The van der Waals surface area contributed by atoms with Gasteiger partial charge in [-0.25, -0.2) is 8.42 Å². The van der Waals surface area contributed by atoms with Gasteiger partial charge in [0.05, 0.1) is 5.69 Å². The van der Waals surface area contributed by atoms with Crippen molar-refractivity contribution in [1.82, 2.24) is 14.8 Å². The number of amides is 1. The molecular weight excluding hydrogens is 546 g/mol. The minimum Gasteiger partial charge on any atom is -0.336 e. The van der Waals surface area contributed by atoms with Crippen LogP contribution in [0.1, 0.15) is 79.3 Å². The van der Waals surface area contributed by atoms with Crippen LogP contribution in [0.25, 0.3) is 0 Å². The fourth-order valence-electron chi connectivity index (χ4n) is 6.05. The number of hydrogen-bond donors (Lipinski definition) is 1. The minimum absolute atomic E-state index is 0.0445. The van der Waals surface area contributed by atoms with E-state index in [9.17, 15) is 13.2 Å². The number of nitrogens with zero attached hydrogens (tertiary/aromatic N) is 4. The standard InChI is InChI=1S/C33H41N5O3S/c1-2-35-32-30(27-11-6-4-3-5-7-12-27)13-8-14-31(32)42(40,41)36-29-17-15-28(16-18-29)33(39)38-22-20-37(21-23-38)25-26-10-9-19-34-24-26/h2,8-10,13-19,24,27,36H,3-7,11-12,20-23,25H2,1H3/b35-2-. The van der Waals surface area contributed by atoms with Crippen LogP contribution in [0.4, 0.5) is 11.4 Å². The summed E-state index contributed by atoms with van der Waals surface area (Å²) in [5, 5.41) is 0. The summed E-state index contributed by atoms with van der Waals surface area (Å²) < 4.78 is 30.0. The lowest BCUT2D eigenvalue weighted by molar-refractivity contribution is 0.0628. The van der Waals surface area contributed by atoms with Gasteiger partial charge in [0.1, 0.15) is 4.90 Å². The van der Waals surface area contributed by atoms with Gasteiger partial charge >= 0.3 is 0 Å². The van der Waals surface area contributed by atoms with Crippen LogP contribution in [-0.4, -0.2) is 61.5 Å². The molecule has 42 heavy (non-hydrogen) atoms. The molecule has 1 saturated carbocycles. The zero-order chi connectivity index (χ0) is 29.4. The number of piperazine rings is 1. The van der Waals surface area contributed by atoms with Gasteiger partial charge in [0.2, 0.25) is 0 Å². The van der Waals surface area contributed by atoms with E-state index in [1.807, 2.05) is 36.2 Å². The van der Waals surface area contributed by atoms with Crippen LogP contribution >= 0.6 is 0 Å². The van der Waals surface area contributed by atoms with Gasteiger partial charge in [-0.2, -0.15) is 0 Å². The van der Waals surface area contributed by atoms with E-state index in [-0.39, 0.29) is 10.8 Å². The van der Waals surface area contributed by atoms with E-state index in [0.717, 1.165) is 56.4 Å². The number of carbonyl (C=O) groups excluding carboxylic acids is 1. The number of sulfonamides is 1. The summed E-state index contributed by atoms with van der Waals surface area (Å²) in [6.45, 7) is 5.51. The Morgan fingerprint density at radius 3 is 2.33 bits per heavy atom. The number of para-hydroxylation sites is 1. The Morgan fingerprint density at radius 2 is 1.67 bits per heavy atom. The first-order valence-electron chi connectivity index (χ1n) is 15.1. The van der Waals surface area contributed by atoms with Gasteiger partial charge in [-0.15, -0.1) is 0 Å². The number of hydrogen-bond acceptors (Lipinski definition) is 6. The highest BCUT2D eigenvalue weighted by Crippen LogP contribution is 2.39. The Labute approximate surface area is 249 Å². The van der Waals surface area contributed by atoms with Crippen molar-refractivity contribution in [1.29, 1.82) is 0 Å². The van der Waals surface area contributed by atoms with E-state index < -0.39 is 10.0 Å². The van der Waals surface area contributed by atoms with E-state index in [0.29, 0.717) is 35.9 Å². The average Bonchev–Trinajstić information content (AvgIpc) is 2.98. The second kappa shape index (κ2) is 14.1. The maximum Gasteiger partial charge on any atom is 0.264 e. The summed E-state index contributed by atoms with van der Waals surface area (Å²) in [5.74, 6) is 0.263. The number of benzene rings is 2. The molecule has 1 aliphatic carbocycles. The van der Waals surface area contributed by atoms with E-state index >= 15 is 0 Å². The summed E-state index contributed by atoms with van der Waals surface area (Å²) in [6, 6.07) is 16.2. The van der Waals surface area contributed by atoms with Crippen molar-refractivity contribution < 1.29 is 13.2 Å². The van der Waals surface area contributed by atoms with E-state index in [1.54, 1.807) is 42.7 Å². The Kier molecular flexibility index (Phi) is 10.0. The number of pyridine rings is 1. The maximum atomic E-state index is 13.6. The Balaban J connectivity index is 1.25. The molecule has 2 heterocycles. The van der Waals surface area contributed by atoms with Crippen LogP contribution in [0.15, 0.2) is 76.9 Å². The van der Waals surface area contributed by atoms with E-state index in [1.165, 1.54) is 19.3 Å². The molecule has 0 atom stereocenters. The zero-order valence-corrected chi connectivity index (χ0v) is 25.2. The SMILES string of the molecule is C/C=N\c1c(C2CCCCCCC2)cccc1S(=O)(=O)Nc1ccc(C(=O)N2CCN(Cc3cccnc3)CC2)cc1. The molecule has 1 aromatic heterocycles. The van der Waals surface area contributed by atoms with E-state index in [4.69, 9.17) is 0 Å². The highest BCUT2D eigenvalue weighted by atomic mass is 32.2. The minimum atomic E-state index is -3.90. The third-order valence-electron chi connectivity index (χ3n) is 8.30. The number of anilines is 1. The highest BCUT2D eigenvalue weighted by Gasteiger charge is 2.26. The zero-order valence-electron chi connectivity index (χ0n) is 24.4. The van der Waals surface area contributed by atoms with Crippen molar-refractivity contribution in [2.24, 2.45) is 4.99 Å². The summed E-state index contributed by atoms with van der Waals surface area (Å²) in [6.07, 6.45) is 13.5. The molecule has 8 nitrogen and oxygen atoms in total. The summed E-state index contributed by atoms with van der Waals surface area (Å²) in [7, 11) is -3.90. The summed E-state index contributed by atoms with van der Waals surface area (Å²) in [5.41, 5.74) is 3.67. The molecule has 3 aromatic rings. The van der Waals surface area contributed by atoms with Gasteiger partial charge in [0.25, 0.3) is 15.9 Å². The normalized spacial score (nSPS) is 17.6. The van der Waals surface area contributed by atoms with Gasteiger partial charge in [-0.1, -0.05) is 50.3 Å². The van der Waals surface area contributed by atoms with Crippen molar-refractivity contribution in [2.75, 3.05) is 30.9 Å². The first kappa shape index (κ1) is 29.9. The fraction of sp³-hybridized carbons (Fsp3) is 0.424. The molecule has 222 valence electrons. The molecule has 0 spiro atoms. The molecule has 0 radical (unpaired) electrons. The summed E-state index contributed by atoms with van der Waals surface area (Å²) >= 11 is 0. The lowest BCUT2D eigenvalue weighted by Crippen LogP contribution is -2.48. The molecule has 2 aliphatic rings. The number of rotatable bonds is 8. The molecule has 2 fully saturated rings. The molecule has 0 unspecified atom stereocenters. The molecule has 1 saturated heterocycles. The van der Waals surface area contributed by atoms with Gasteiger partial charge in [0, 0.05) is 62.6 Å². The molecule has 0 bridgehead atoms. The lowest BCUT2D eigenvalue weighted by Gasteiger charge is -2.34. The van der Waals surface area contributed by atoms with Crippen molar-refractivity contribution in [3.05, 3.63) is 83.7 Å². The Bertz CT molecular complexity index is 1460. The maximum absolute atomic E-state index is 13.6. The predicted octanol–water partition coefficient (Wildman–Crippen LogP) is 6.39. The van der Waals surface area contributed by atoms with Crippen molar-refractivity contribution >= 4 is 33.5 Å². The molecule has 9 heteroatoms. The fourth-order valence-corrected chi connectivity index (χ4v) is 7.29. The average molecular weight is 588 g/mol. The highest BCUT2D eigenvalue weighted by molar-refractivity contribution is 7.92. The quantitative estimate of drug-likeness (QED) is 0.308. The van der Waals surface area contributed by atoms with Crippen LogP contribution in [-0.2, 0) is 16.6 Å². The van der Waals surface area contributed by atoms with Crippen LogP contribution in [0.2, 0.25) is 0 Å². The molecular formula is C33H41N5O3S. The van der Waals surface area contributed by atoms with Gasteiger partial charge in [0.15, 0.2) is 0 Å². The lowest BCUT2D eigenvalue weighted by atomic mass is 9.85. The molecule has 1 aliphatic heterocycles. The molecule has 1 amide bonds. The predicted molar refractivity (Wildman–Crippen MR) is 168 cm³/mol. The first-order valence-corrected chi connectivity index (χ1v) is 16.6. The Hall–Kier alpha value is -3.56. The van der Waals surface area contributed by atoms with Crippen molar-refractivity contribution in [2.45, 2.75) is 69.2 Å². The van der Waals surface area contributed by atoms with Crippen LogP contribution in [0.3, 0.4) is 0 Å². The number of aliphatic imine (C=N–C) groups is 1. The van der Waals surface area contributed by atoms with Crippen molar-refractivity contribution in [3.8, 4) is 0 Å². The topological polar surface area (TPSA) is 95.0 Å². The van der Waals surface area contributed by atoms with Crippen LogP contribution < -0.4 is 4.72 Å². The van der Waals surface area contributed by atoms with E-state index in [2.05, 4.69) is 25.7 Å².